The predicted octanol–water partition coefficient (Wildman–Crippen LogP) is 2.81. The van der Waals surface area contributed by atoms with Gasteiger partial charge in [-0.15, -0.1) is 11.3 Å². The summed E-state index contributed by atoms with van der Waals surface area (Å²) in [5, 5.41) is 5.03. The molecule has 22 heavy (non-hydrogen) atoms. The first-order valence-electron chi connectivity index (χ1n) is 7.35. The van der Waals surface area contributed by atoms with Crippen LogP contribution >= 0.6 is 11.3 Å². The zero-order valence-corrected chi connectivity index (χ0v) is 13.3. The minimum absolute atomic E-state index is 0.0231. The molecule has 3 rings (SSSR count). The summed E-state index contributed by atoms with van der Waals surface area (Å²) >= 11 is 1.67. The molecule has 5 nitrogen and oxygen atoms in total. The fourth-order valence-electron chi connectivity index (χ4n) is 2.47. The highest BCUT2D eigenvalue weighted by Gasteiger charge is 2.27. The number of nitrogens with zero attached hydrogens (tertiary/aromatic N) is 2. The van der Waals surface area contributed by atoms with Crippen molar-refractivity contribution in [2.45, 2.75) is 26.0 Å². The molecule has 0 aromatic carbocycles. The zero-order valence-electron chi connectivity index (χ0n) is 12.5. The summed E-state index contributed by atoms with van der Waals surface area (Å²) in [5.41, 5.74) is 1.23. The largest absolute Gasteiger partial charge is 0.487 e. The van der Waals surface area contributed by atoms with E-state index in [2.05, 4.69) is 23.3 Å². The van der Waals surface area contributed by atoms with E-state index in [1.807, 2.05) is 22.4 Å². The van der Waals surface area contributed by atoms with E-state index >= 15 is 0 Å². The number of urea groups is 1. The smallest absolute Gasteiger partial charge is 0.317 e. The van der Waals surface area contributed by atoms with E-state index in [1.54, 1.807) is 23.7 Å². The van der Waals surface area contributed by atoms with Gasteiger partial charge in [0.15, 0.2) is 0 Å². The molecule has 1 saturated heterocycles. The highest BCUT2D eigenvalue weighted by atomic mass is 32.1. The van der Waals surface area contributed by atoms with E-state index < -0.39 is 0 Å². The lowest BCUT2D eigenvalue weighted by atomic mass is 10.3. The number of ether oxygens (including phenoxy) is 1. The second-order valence-electron chi connectivity index (χ2n) is 5.35. The maximum absolute atomic E-state index is 12.2. The Hall–Kier alpha value is -2.08. The van der Waals surface area contributed by atoms with Crippen LogP contribution in [-0.4, -0.2) is 35.1 Å². The normalized spacial score (nSPS) is 17.5. The number of hydrogen-bond donors (Lipinski definition) is 1. The SMILES string of the molecule is Cc1ccsc1CNC(=O)N1CC[C@@H](Oc2cccnc2)C1. The molecule has 6 heteroatoms. The number of rotatable bonds is 4. The van der Waals surface area contributed by atoms with Crippen LogP contribution in [0.1, 0.15) is 16.9 Å². The molecule has 1 aliphatic rings. The zero-order chi connectivity index (χ0) is 15.4. The van der Waals surface area contributed by atoms with Gasteiger partial charge in [-0.1, -0.05) is 0 Å². The molecule has 1 fully saturated rings. The number of carbonyl (C=O) groups is 1. The second-order valence-corrected chi connectivity index (χ2v) is 6.35. The summed E-state index contributed by atoms with van der Waals surface area (Å²) in [4.78, 5) is 19.2. The van der Waals surface area contributed by atoms with Crippen LogP contribution in [0.3, 0.4) is 0 Å². The monoisotopic (exact) mass is 317 g/mol. The summed E-state index contributed by atoms with van der Waals surface area (Å²) in [6.07, 6.45) is 4.30. The molecular weight excluding hydrogens is 298 g/mol. The molecule has 1 N–H and O–H groups in total. The van der Waals surface area contributed by atoms with Crippen molar-refractivity contribution in [1.82, 2.24) is 15.2 Å². The fraction of sp³-hybridized carbons (Fsp3) is 0.375. The van der Waals surface area contributed by atoms with E-state index in [-0.39, 0.29) is 12.1 Å². The van der Waals surface area contributed by atoms with Crippen molar-refractivity contribution >= 4 is 17.4 Å². The van der Waals surface area contributed by atoms with Crippen molar-refractivity contribution < 1.29 is 9.53 Å². The summed E-state index contributed by atoms with van der Waals surface area (Å²) < 4.78 is 5.84. The number of likely N-dealkylation sites (tertiary alicyclic amines) is 1. The number of thiophene rings is 1. The van der Waals surface area contributed by atoms with Crippen molar-refractivity contribution in [3.05, 3.63) is 46.4 Å². The van der Waals surface area contributed by atoms with E-state index in [0.29, 0.717) is 13.1 Å². The first kappa shape index (κ1) is 14.8. The quantitative estimate of drug-likeness (QED) is 0.943. The van der Waals surface area contributed by atoms with Gasteiger partial charge in [-0.25, -0.2) is 4.79 Å². The van der Waals surface area contributed by atoms with Crippen LogP contribution in [0.4, 0.5) is 4.79 Å². The highest BCUT2D eigenvalue weighted by molar-refractivity contribution is 7.10. The maximum atomic E-state index is 12.2. The van der Waals surface area contributed by atoms with Crippen molar-refractivity contribution in [2.75, 3.05) is 13.1 Å². The Morgan fingerprint density at radius 3 is 3.18 bits per heavy atom. The molecule has 2 amide bonds. The number of aromatic nitrogens is 1. The van der Waals surface area contributed by atoms with Crippen LogP contribution in [0.2, 0.25) is 0 Å². The molecule has 0 spiro atoms. The molecule has 0 saturated carbocycles. The summed E-state index contributed by atoms with van der Waals surface area (Å²) in [7, 11) is 0. The van der Waals surface area contributed by atoms with Gasteiger partial charge >= 0.3 is 6.03 Å². The Labute approximate surface area is 133 Å². The Bertz CT molecular complexity index is 629. The van der Waals surface area contributed by atoms with E-state index in [9.17, 15) is 4.79 Å². The van der Waals surface area contributed by atoms with Gasteiger partial charge in [0, 0.05) is 24.0 Å². The van der Waals surface area contributed by atoms with E-state index in [1.165, 1.54) is 10.4 Å². The number of carbonyl (C=O) groups excluding carboxylic acids is 1. The molecule has 0 bridgehead atoms. The molecule has 1 aliphatic heterocycles. The Morgan fingerprint density at radius 2 is 2.45 bits per heavy atom. The van der Waals surface area contributed by atoms with E-state index in [4.69, 9.17) is 4.74 Å². The van der Waals surface area contributed by atoms with Gasteiger partial charge < -0.3 is 15.0 Å². The Morgan fingerprint density at radius 1 is 1.55 bits per heavy atom. The number of pyridine rings is 1. The van der Waals surface area contributed by atoms with Gasteiger partial charge in [0.2, 0.25) is 0 Å². The molecule has 0 radical (unpaired) electrons. The van der Waals surface area contributed by atoms with Crippen molar-refractivity contribution in [2.24, 2.45) is 0 Å². The molecule has 2 aromatic heterocycles. The number of hydrogen-bond acceptors (Lipinski definition) is 4. The highest BCUT2D eigenvalue weighted by Crippen LogP contribution is 2.18. The Balaban J connectivity index is 1.47. The average molecular weight is 317 g/mol. The topological polar surface area (TPSA) is 54.5 Å². The number of nitrogens with one attached hydrogen (secondary N) is 1. The van der Waals surface area contributed by atoms with Crippen molar-refractivity contribution in [1.29, 1.82) is 0 Å². The Kier molecular flexibility index (Phi) is 4.58. The standard InChI is InChI=1S/C16H19N3O2S/c1-12-5-8-22-15(12)10-18-16(20)19-7-4-14(11-19)21-13-3-2-6-17-9-13/h2-3,5-6,8-9,14H,4,7,10-11H2,1H3,(H,18,20)/t14-/m1/s1. The second kappa shape index (κ2) is 6.79. The molecule has 0 unspecified atom stereocenters. The van der Waals surface area contributed by atoms with Gasteiger partial charge in [0.1, 0.15) is 11.9 Å². The molecule has 3 heterocycles. The molecular formula is C16H19N3O2S. The summed E-state index contributed by atoms with van der Waals surface area (Å²) in [6.45, 7) is 3.99. The molecule has 1 atom stereocenters. The minimum atomic E-state index is -0.0231. The predicted molar refractivity (Wildman–Crippen MR) is 86.1 cm³/mol. The van der Waals surface area contributed by atoms with Crippen LogP contribution in [0.5, 0.6) is 5.75 Å². The lowest BCUT2D eigenvalue weighted by molar-refractivity contribution is 0.186. The lowest BCUT2D eigenvalue weighted by Crippen LogP contribution is -2.39. The summed E-state index contributed by atoms with van der Waals surface area (Å²) in [6, 6.07) is 5.78. The van der Waals surface area contributed by atoms with Gasteiger partial charge in [-0.3, -0.25) is 4.98 Å². The third kappa shape index (κ3) is 3.57. The first-order chi connectivity index (χ1) is 10.7. The van der Waals surface area contributed by atoms with Gasteiger partial charge in [0.05, 0.1) is 19.3 Å². The average Bonchev–Trinajstić information content (AvgIpc) is 3.15. The lowest BCUT2D eigenvalue weighted by Gasteiger charge is -2.17. The fourth-order valence-corrected chi connectivity index (χ4v) is 3.32. The van der Waals surface area contributed by atoms with Crippen LogP contribution in [0, 0.1) is 6.92 Å². The summed E-state index contributed by atoms with van der Waals surface area (Å²) in [5.74, 6) is 0.754. The van der Waals surface area contributed by atoms with Gasteiger partial charge in [0.25, 0.3) is 0 Å². The van der Waals surface area contributed by atoms with Crippen LogP contribution in [0.15, 0.2) is 36.0 Å². The van der Waals surface area contributed by atoms with Gasteiger partial charge in [-0.2, -0.15) is 0 Å². The third-order valence-electron chi connectivity index (χ3n) is 3.74. The number of amides is 2. The van der Waals surface area contributed by atoms with Crippen molar-refractivity contribution in [3.63, 3.8) is 0 Å². The van der Waals surface area contributed by atoms with E-state index in [0.717, 1.165) is 18.7 Å². The van der Waals surface area contributed by atoms with Gasteiger partial charge in [-0.05, 0) is 36.1 Å². The maximum Gasteiger partial charge on any atom is 0.317 e. The molecule has 0 aliphatic carbocycles. The molecule has 2 aromatic rings. The van der Waals surface area contributed by atoms with Crippen molar-refractivity contribution in [3.8, 4) is 5.75 Å². The van der Waals surface area contributed by atoms with Crippen LogP contribution in [0.25, 0.3) is 0 Å². The molecule has 116 valence electrons. The van der Waals surface area contributed by atoms with Crippen LogP contribution < -0.4 is 10.1 Å². The van der Waals surface area contributed by atoms with Crippen LogP contribution in [-0.2, 0) is 6.54 Å². The number of aryl methyl sites for hydroxylation is 1. The third-order valence-corrected chi connectivity index (χ3v) is 4.76. The minimum Gasteiger partial charge on any atom is -0.487 e. The first-order valence-corrected chi connectivity index (χ1v) is 8.23.